The average Bonchev–Trinajstić information content (AvgIpc) is 1.79. The lowest BCUT2D eigenvalue weighted by atomic mass is 10.4. The van der Waals surface area contributed by atoms with Crippen LogP contribution in [0.2, 0.25) is 0 Å². The van der Waals surface area contributed by atoms with E-state index in [-0.39, 0.29) is 24.8 Å². The second kappa shape index (κ2) is 10.8. The van der Waals surface area contributed by atoms with Gasteiger partial charge in [0.15, 0.2) is 0 Å². The first-order valence-corrected chi connectivity index (χ1v) is 3.53. The van der Waals surface area contributed by atoms with Gasteiger partial charge in [0, 0.05) is 12.1 Å². The lowest BCUT2D eigenvalue weighted by Gasteiger charge is -2.02. The Hall–Kier alpha value is -0.220. The molecule has 0 radical (unpaired) electrons. The molecule has 0 aromatic heterocycles. The lowest BCUT2D eigenvalue weighted by Crippen LogP contribution is -2.19. The zero-order valence-corrected chi connectivity index (χ0v) is 9.50. The second-order valence-electron chi connectivity index (χ2n) is 2.77. The van der Waals surface area contributed by atoms with E-state index in [2.05, 4.69) is 21.3 Å². The van der Waals surface area contributed by atoms with Crippen molar-refractivity contribution < 1.29 is 0 Å². The molecule has 0 saturated carbocycles. The minimum atomic E-state index is 0. The summed E-state index contributed by atoms with van der Waals surface area (Å²) in [6.45, 7) is 8.03. The van der Waals surface area contributed by atoms with Gasteiger partial charge in [-0.05, 0) is 27.7 Å². The van der Waals surface area contributed by atoms with Crippen molar-refractivity contribution in [1.82, 2.24) is 10.9 Å². The highest BCUT2D eigenvalue weighted by molar-refractivity contribution is 5.85. The van der Waals surface area contributed by atoms with Crippen molar-refractivity contribution in [3.63, 3.8) is 0 Å². The molecule has 0 bridgehead atoms. The Morgan fingerprint density at radius 2 is 1.00 bits per heavy atom. The molecule has 0 atom stereocenters. The molecule has 0 saturated heterocycles. The molecular formula is C6H18Cl2N4. The van der Waals surface area contributed by atoms with E-state index < -0.39 is 0 Å². The number of nitrogens with zero attached hydrogens (tertiary/aromatic N) is 2. The van der Waals surface area contributed by atoms with E-state index in [9.17, 15) is 0 Å². The molecule has 0 amide bonds. The summed E-state index contributed by atoms with van der Waals surface area (Å²) in [6.07, 6.45) is 0. The van der Waals surface area contributed by atoms with E-state index in [1.54, 1.807) is 0 Å². The number of nitrogens with one attached hydrogen (secondary N) is 2. The number of rotatable bonds is 4. The Morgan fingerprint density at radius 3 is 1.17 bits per heavy atom. The molecule has 76 valence electrons. The molecule has 0 rings (SSSR count). The zero-order valence-electron chi connectivity index (χ0n) is 7.87. The Morgan fingerprint density at radius 1 is 0.750 bits per heavy atom. The van der Waals surface area contributed by atoms with Gasteiger partial charge in [0.05, 0.1) is 0 Å². The van der Waals surface area contributed by atoms with Gasteiger partial charge in [0.2, 0.25) is 0 Å². The summed E-state index contributed by atoms with van der Waals surface area (Å²) in [5.41, 5.74) is 5.59. The monoisotopic (exact) mass is 216 g/mol. The van der Waals surface area contributed by atoms with Gasteiger partial charge in [0.1, 0.15) is 0 Å². The van der Waals surface area contributed by atoms with Crippen LogP contribution in [0.3, 0.4) is 0 Å². The van der Waals surface area contributed by atoms with E-state index in [0.29, 0.717) is 12.1 Å². The van der Waals surface area contributed by atoms with E-state index in [0.717, 1.165) is 0 Å². The maximum atomic E-state index is 3.67. The van der Waals surface area contributed by atoms with E-state index >= 15 is 0 Å². The summed E-state index contributed by atoms with van der Waals surface area (Å²) in [7, 11) is 0. The standard InChI is InChI=1S/C6H16N4.2ClH/c1-5(2)7-9-10-8-6(3)4;;/h5-6H,1-4H3,(H,7,10)(H,8,9);2*1H. The number of hydrogen-bond acceptors (Lipinski definition) is 2. The lowest BCUT2D eigenvalue weighted by molar-refractivity contribution is 0.517. The van der Waals surface area contributed by atoms with Crippen molar-refractivity contribution in [2.45, 2.75) is 39.8 Å². The van der Waals surface area contributed by atoms with Crippen LogP contribution in [0.5, 0.6) is 0 Å². The zero-order chi connectivity index (χ0) is 7.98. The molecule has 0 heterocycles. The molecule has 0 aromatic carbocycles. The predicted molar refractivity (Wildman–Crippen MR) is 55.9 cm³/mol. The Labute approximate surface area is 86.4 Å². The summed E-state index contributed by atoms with van der Waals surface area (Å²) in [5.74, 6) is 0. The second-order valence-corrected chi connectivity index (χ2v) is 2.77. The SMILES string of the molecule is CC(C)NN=NNC(C)C.Cl.Cl. The fourth-order valence-electron chi connectivity index (χ4n) is 0.289. The molecular weight excluding hydrogens is 199 g/mol. The Bertz CT molecular complexity index is 93.7. The van der Waals surface area contributed by atoms with Crippen LogP contribution >= 0.6 is 24.8 Å². The van der Waals surface area contributed by atoms with Gasteiger partial charge in [-0.2, -0.15) is 0 Å². The van der Waals surface area contributed by atoms with Crippen molar-refractivity contribution in [3.05, 3.63) is 0 Å². The van der Waals surface area contributed by atoms with Gasteiger partial charge in [0.25, 0.3) is 0 Å². The predicted octanol–water partition coefficient (Wildman–Crippen LogP) is 2.11. The molecule has 0 aromatic rings. The van der Waals surface area contributed by atoms with Crippen molar-refractivity contribution in [1.29, 1.82) is 0 Å². The number of hydrogen-bond donors (Lipinski definition) is 2. The molecule has 0 unspecified atom stereocenters. The van der Waals surface area contributed by atoms with Crippen LogP contribution in [-0.2, 0) is 0 Å². The summed E-state index contributed by atoms with van der Waals surface area (Å²) in [5, 5.41) is 7.35. The molecule has 0 aliphatic rings. The summed E-state index contributed by atoms with van der Waals surface area (Å²) in [4.78, 5) is 0. The number of halogens is 2. The Balaban J connectivity index is -0.000000405. The van der Waals surface area contributed by atoms with E-state index in [1.807, 2.05) is 27.7 Å². The van der Waals surface area contributed by atoms with Gasteiger partial charge < -0.3 is 0 Å². The van der Waals surface area contributed by atoms with Crippen LogP contribution in [-0.4, -0.2) is 12.1 Å². The van der Waals surface area contributed by atoms with Crippen LogP contribution in [0.15, 0.2) is 10.4 Å². The first kappa shape index (κ1) is 17.8. The summed E-state index contributed by atoms with van der Waals surface area (Å²) in [6, 6.07) is 0.690. The van der Waals surface area contributed by atoms with Crippen molar-refractivity contribution >= 4 is 24.8 Å². The topological polar surface area (TPSA) is 48.8 Å². The summed E-state index contributed by atoms with van der Waals surface area (Å²) < 4.78 is 0. The van der Waals surface area contributed by atoms with Gasteiger partial charge in [-0.25, -0.2) is 0 Å². The first-order valence-electron chi connectivity index (χ1n) is 3.53. The minimum Gasteiger partial charge on any atom is -0.288 e. The van der Waals surface area contributed by atoms with E-state index in [1.165, 1.54) is 0 Å². The highest BCUT2D eigenvalue weighted by Gasteiger charge is 1.86. The molecule has 2 N–H and O–H groups in total. The molecule has 0 fully saturated rings. The highest BCUT2D eigenvalue weighted by Crippen LogP contribution is 1.78. The summed E-state index contributed by atoms with van der Waals surface area (Å²) >= 11 is 0. The maximum absolute atomic E-state index is 3.67. The molecule has 6 heteroatoms. The third-order valence-electron chi connectivity index (χ3n) is 0.682. The minimum absolute atomic E-state index is 0. The quantitative estimate of drug-likeness (QED) is 0.559. The fourth-order valence-corrected chi connectivity index (χ4v) is 0.289. The van der Waals surface area contributed by atoms with Crippen LogP contribution in [0, 0.1) is 0 Å². The van der Waals surface area contributed by atoms with Crippen LogP contribution in [0.4, 0.5) is 0 Å². The van der Waals surface area contributed by atoms with Gasteiger partial charge in [-0.15, -0.1) is 24.8 Å². The molecule has 0 aliphatic carbocycles. The molecule has 4 nitrogen and oxygen atoms in total. The fraction of sp³-hybridized carbons (Fsp3) is 1.00. The van der Waals surface area contributed by atoms with Gasteiger partial charge >= 0.3 is 0 Å². The van der Waals surface area contributed by atoms with Gasteiger partial charge in [-0.1, -0.05) is 10.4 Å². The van der Waals surface area contributed by atoms with Crippen molar-refractivity contribution in [2.75, 3.05) is 0 Å². The third kappa shape index (κ3) is 16.4. The molecule has 12 heavy (non-hydrogen) atoms. The van der Waals surface area contributed by atoms with Crippen molar-refractivity contribution in [3.8, 4) is 0 Å². The Kier molecular flexibility index (Phi) is 16.0. The molecule has 0 spiro atoms. The third-order valence-corrected chi connectivity index (χ3v) is 0.682. The van der Waals surface area contributed by atoms with E-state index in [4.69, 9.17) is 0 Å². The highest BCUT2D eigenvalue weighted by atomic mass is 35.5. The maximum Gasteiger partial charge on any atom is 0.0401 e. The van der Waals surface area contributed by atoms with Crippen LogP contribution < -0.4 is 10.9 Å². The molecule has 0 aliphatic heterocycles. The van der Waals surface area contributed by atoms with Crippen LogP contribution in [0.1, 0.15) is 27.7 Å². The van der Waals surface area contributed by atoms with Crippen molar-refractivity contribution in [2.24, 2.45) is 10.4 Å². The average molecular weight is 217 g/mol. The van der Waals surface area contributed by atoms with Gasteiger partial charge in [-0.3, -0.25) is 10.9 Å². The smallest absolute Gasteiger partial charge is 0.0401 e. The first-order chi connectivity index (χ1) is 4.63. The van der Waals surface area contributed by atoms with Crippen LogP contribution in [0.25, 0.3) is 0 Å². The largest absolute Gasteiger partial charge is 0.288 e. The normalized spacial score (nSPS) is 9.50.